The second-order valence-corrected chi connectivity index (χ2v) is 7.06. The fraction of sp³-hybridized carbons (Fsp3) is 0.222. The van der Waals surface area contributed by atoms with Gasteiger partial charge in [-0.05, 0) is 30.3 Å². The first kappa shape index (κ1) is 21.2. The van der Waals surface area contributed by atoms with Crippen molar-refractivity contribution in [3.63, 3.8) is 0 Å². The molecule has 10 heteroatoms. The van der Waals surface area contributed by atoms with Gasteiger partial charge >= 0.3 is 5.97 Å². The Kier molecular flexibility index (Phi) is 7.36. The summed E-state index contributed by atoms with van der Waals surface area (Å²) < 4.78 is 38.2. The molecule has 0 heterocycles. The summed E-state index contributed by atoms with van der Waals surface area (Å²) in [7, 11) is -2.70. The molecule has 2 rings (SSSR count). The molecule has 0 aliphatic rings. The third kappa shape index (κ3) is 6.25. The van der Waals surface area contributed by atoms with Gasteiger partial charge in [-0.3, -0.25) is 4.79 Å². The number of carbonyl (C=O) groups excluding carboxylic acids is 2. The topological polar surface area (TPSA) is 134 Å². The van der Waals surface area contributed by atoms with Gasteiger partial charge < -0.3 is 19.5 Å². The Balaban J connectivity index is 1.85. The number of amides is 1. The van der Waals surface area contributed by atoms with Crippen LogP contribution in [0.3, 0.4) is 0 Å². The van der Waals surface area contributed by atoms with Crippen LogP contribution in [0, 0.1) is 0 Å². The molecule has 0 radical (unpaired) electrons. The maximum Gasteiger partial charge on any atom is 0.342 e. The van der Waals surface area contributed by atoms with Gasteiger partial charge in [0.15, 0.2) is 6.61 Å². The molecule has 0 aliphatic carbocycles. The van der Waals surface area contributed by atoms with Crippen LogP contribution >= 0.6 is 0 Å². The molecule has 3 N–H and O–H groups in total. The van der Waals surface area contributed by atoms with E-state index in [1.165, 1.54) is 19.2 Å². The molecular formula is C18H20N2O7S. The lowest BCUT2D eigenvalue weighted by Gasteiger charge is -2.11. The summed E-state index contributed by atoms with van der Waals surface area (Å²) in [6, 6.07) is 12.6. The summed E-state index contributed by atoms with van der Waals surface area (Å²) in [4.78, 5) is 23.7. The van der Waals surface area contributed by atoms with Crippen LogP contribution in [0.15, 0.2) is 53.4 Å². The second kappa shape index (κ2) is 9.72. The number of methoxy groups -OCH3 is 1. The summed E-state index contributed by atoms with van der Waals surface area (Å²) in [5, 5.41) is 7.59. The van der Waals surface area contributed by atoms with Crippen molar-refractivity contribution >= 4 is 21.9 Å². The molecule has 0 unspecified atom stereocenters. The number of nitrogens with one attached hydrogen (secondary N) is 1. The van der Waals surface area contributed by atoms with E-state index in [2.05, 4.69) is 5.32 Å². The van der Waals surface area contributed by atoms with Crippen LogP contribution in [0.2, 0.25) is 0 Å². The first-order valence-corrected chi connectivity index (χ1v) is 9.68. The van der Waals surface area contributed by atoms with Crippen molar-refractivity contribution in [3.05, 3.63) is 54.1 Å². The van der Waals surface area contributed by atoms with E-state index in [0.29, 0.717) is 5.75 Å². The lowest BCUT2D eigenvalue weighted by molar-refractivity contribution is -0.124. The fourth-order valence-corrected chi connectivity index (χ4v) is 2.70. The number of ether oxygens (including phenoxy) is 3. The molecule has 150 valence electrons. The first-order chi connectivity index (χ1) is 13.3. The Bertz CT molecular complexity index is 930. The van der Waals surface area contributed by atoms with Gasteiger partial charge in [-0.2, -0.15) is 0 Å². The zero-order valence-corrected chi connectivity index (χ0v) is 15.9. The van der Waals surface area contributed by atoms with Crippen LogP contribution in [0.5, 0.6) is 11.5 Å². The third-order valence-electron chi connectivity index (χ3n) is 3.49. The third-order valence-corrected chi connectivity index (χ3v) is 4.40. The van der Waals surface area contributed by atoms with Crippen molar-refractivity contribution < 1.29 is 32.2 Å². The number of hydrogen-bond donors (Lipinski definition) is 2. The molecule has 0 fully saturated rings. The van der Waals surface area contributed by atoms with Crippen molar-refractivity contribution in [2.24, 2.45) is 5.14 Å². The predicted molar refractivity (Wildman–Crippen MR) is 99.6 cm³/mol. The van der Waals surface area contributed by atoms with E-state index < -0.39 is 28.5 Å². The molecule has 0 aromatic heterocycles. The minimum Gasteiger partial charge on any atom is -0.496 e. The van der Waals surface area contributed by atoms with E-state index in [1.807, 2.05) is 18.2 Å². The van der Waals surface area contributed by atoms with E-state index in [1.54, 1.807) is 12.1 Å². The highest BCUT2D eigenvalue weighted by atomic mass is 32.2. The van der Waals surface area contributed by atoms with Gasteiger partial charge in [0.1, 0.15) is 23.7 Å². The van der Waals surface area contributed by atoms with Crippen molar-refractivity contribution in [1.82, 2.24) is 5.32 Å². The van der Waals surface area contributed by atoms with E-state index in [9.17, 15) is 18.0 Å². The van der Waals surface area contributed by atoms with Crippen molar-refractivity contribution in [2.45, 2.75) is 4.90 Å². The number of sulfonamides is 1. The van der Waals surface area contributed by atoms with Gasteiger partial charge in [-0.1, -0.05) is 18.2 Å². The molecule has 28 heavy (non-hydrogen) atoms. The predicted octanol–water partition coefficient (Wildman–Crippen LogP) is 0.695. The van der Waals surface area contributed by atoms with Crippen LogP contribution in [0.1, 0.15) is 10.4 Å². The van der Waals surface area contributed by atoms with Gasteiger partial charge in [0.2, 0.25) is 10.0 Å². The Labute approximate surface area is 162 Å². The van der Waals surface area contributed by atoms with Gasteiger partial charge in [0.05, 0.1) is 18.6 Å². The average molecular weight is 408 g/mol. The van der Waals surface area contributed by atoms with Gasteiger partial charge in [0.25, 0.3) is 5.91 Å². The molecule has 0 bridgehead atoms. The second-order valence-electron chi connectivity index (χ2n) is 5.49. The number of carbonyl (C=O) groups is 2. The lowest BCUT2D eigenvalue weighted by Crippen LogP contribution is -2.32. The standard InChI is InChI=1S/C18H20N2O7S/c1-25-16-8-7-14(28(19,23)24)11-15(16)18(22)27-12-17(21)20-9-10-26-13-5-3-2-4-6-13/h2-8,11H,9-10,12H2,1H3,(H,20,21)(H2,19,23,24). The molecule has 0 atom stereocenters. The van der Waals surface area contributed by atoms with Crippen LogP contribution in [0.4, 0.5) is 0 Å². The van der Waals surface area contributed by atoms with Gasteiger partial charge in [0, 0.05) is 0 Å². The van der Waals surface area contributed by atoms with Crippen molar-refractivity contribution in [3.8, 4) is 11.5 Å². The van der Waals surface area contributed by atoms with E-state index >= 15 is 0 Å². The minimum atomic E-state index is -4.01. The molecule has 0 saturated carbocycles. The smallest absolute Gasteiger partial charge is 0.342 e. The Morgan fingerprint density at radius 1 is 1.11 bits per heavy atom. The maximum atomic E-state index is 12.2. The molecule has 1 amide bonds. The summed E-state index contributed by atoms with van der Waals surface area (Å²) in [6.45, 7) is -0.0869. The van der Waals surface area contributed by atoms with Crippen LogP contribution < -0.4 is 19.9 Å². The van der Waals surface area contributed by atoms with E-state index in [-0.39, 0.29) is 29.4 Å². The number of hydrogen-bond acceptors (Lipinski definition) is 7. The zero-order valence-electron chi connectivity index (χ0n) is 15.1. The lowest BCUT2D eigenvalue weighted by atomic mass is 10.2. The number of nitrogens with two attached hydrogens (primary N) is 1. The first-order valence-electron chi connectivity index (χ1n) is 8.14. The largest absolute Gasteiger partial charge is 0.496 e. The quantitative estimate of drug-likeness (QED) is 0.461. The Morgan fingerprint density at radius 2 is 1.82 bits per heavy atom. The fourth-order valence-electron chi connectivity index (χ4n) is 2.16. The van der Waals surface area contributed by atoms with Gasteiger partial charge in [-0.25, -0.2) is 18.4 Å². The van der Waals surface area contributed by atoms with Gasteiger partial charge in [-0.15, -0.1) is 0 Å². The zero-order chi connectivity index (χ0) is 20.6. The number of para-hydroxylation sites is 1. The normalized spacial score (nSPS) is 10.8. The molecule has 0 aliphatic heterocycles. The molecule has 2 aromatic rings. The average Bonchev–Trinajstić information content (AvgIpc) is 2.69. The van der Waals surface area contributed by atoms with Crippen LogP contribution in [-0.2, 0) is 19.6 Å². The molecule has 9 nitrogen and oxygen atoms in total. The van der Waals surface area contributed by atoms with Crippen LogP contribution in [0.25, 0.3) is 0 Å². The molecule has 2 aromatic carbocycles. The Hall–Kier alpha value is -3.11. The minimum absolute atomic E-state index is 0.0917. The SMILES string of the molecule is COc1ccc(S(N)(=O)=O)cc1C(=O)OCC(=O)NCCOc1ccccc1. The monoisotopic (exact) mass is 408 g/mol. The molecular weight excluding hydrogens is 388 g/mol. The summed E-state index contributed by atoms with van der Waals surface area (Å²) in [6.07, 6.45) is 0. The molecule has 0 saturated heterocycles. The highest BCUT2D eigenvalue weighted by Crippen LogP contribution is 2.22. The number of benzene rings is 2. The van der Waals surface area contributed by atoms with Crippen molar-refractivity contribution in [2.75, 3.05) is 26.9 Å². The van der Waals surface area contributed by atoms with Crippen LogP contribution in [-0.4, -0.2) is 47.2 Å². The summed E-state index contributed by atoms with van der Waals surface area (Å²) >= 11 is 0. The maximum absolute atomic E-state index is 12.2. The van der Waals surface area contributed by atoms with E-state index in [4.69, 9.17) is 19.3 Å². The van der Waals surface area contributed by atoms with Crippen molar-refractivity contribution in [1.29, 1.82) is 0 Å². The highest BCUT2D eigenvalue weighted by Gasteiger charge is 2.19. The summed E-state index contributed by atoms with van der Waals surface area (Å²) in [5.41, 5.74) is -0.158. The number of primary sulfonamides is 1. The Morgan fingerprint density at radius 3 is 2.46 bits per heavy atom. The summed E-state index contributed by atoms with van der Waals surface area (Å²) in [5.74, 6) is -0.691. The number of rotatable bonds is 9. The highest BCUT2D eigenvalue weighted by molar-refractivity contribution is 7.89. The molecule has 0 spiro atoms. The van der Waals surface area contributed by atoms with E-state index in [0.717, 1.165) is 6.07 Å². The number of esters is 1.